The summed E-state index contributed by atoms with van der Waals surface area (Å²) in [5, 5.41) is 18.6. The summed E-state index contributed by atoms with van der Waals surface area (Å²) in [5.41, 5.74) is 3.18. The van der Waals surface area contributed by atoms with Gasteiger partial charge in [0.05, 0.1) is 29.6 Å². The predicted molar refractivity (Wildman–Crippen MR) is 176 cm³/mol. The van der Waals surface area contributed by atoms with E-state index in [0.717, 1.165) is 16.3 Å². The van der Waals surface area contributed by atoms with Crippen molar-refractivity contribution >= 4 is 61.7 Å². The molecule has 0 amide bonds. The minimum absolute atomic E-state index is 0.0674. The minimum Gasteiger partial charge on any atom is -0.496 e. The largest absolute Gasteiger partial charge is 0.496 e. The number of hydrogen-bond acceptors (Lipinski definition) is 7. The van der Waals surface area contributed by atoms with Crippen molar-refractivity contribution in [1.29, 1.82) is 5.26 Å². The highest BCUT2D eigenvalue weighted by Gasteiger charge is 2.42. The second kappa shape index (κ2) is 12.1. The van der Waals surface area contributed by atoms with E-state index in [1.54, 1.807) is 48.6 Å². The van der Waals surface area contributed by atoms with Gasteiger partial charge >= 0.3 is 0 Å². The van der Waals surface area contributed by atoms with Crippen LogP contribution in [0.4, 0.5) is 5.69 Å². The Bertz CT molecular complexity index is 2120. The number of aliphatic imine (C=N–C) groups is 1. The molecule has 8 nitrogen and oxygen atoms in total. The lowest BCUT2D eigenvalue weighted by molar-refractivity contribution is -0.116. The number of sulfonamides is 1. The molecule has 0 bridgehead atoms. The number of anilines is 1. The van der Waals surface area contributed by atoms with Gasteiger partial charge in [-0.15, -0.1) is 0 Å². The average molecular weight is 658 g/mol. The molecule has 0 fully saturated rings. The van der Waals surface area contributed by atoms with Crippen molar-refractivity contribution in [2.75, 3.05) is 12.0 Å². The molecule has 1 aliphatic carbocycles. The molecule has 0 saturated carbocycles. The Morgan fingerprint density at radius 1 is 1.02 bits per heavy atom. The Kier molecular flexibility index (Phi) is 8.25. The van der Waals surface area contributed by atoms with Crippen LogP contribution in [0, 0.1) is 11.3 Å². The van der Waals surface area contributed by atoms with E-state index in [9.17, 15) is 18.5 Å². The number of benzene rings is 4. The van der Waals surface area contributed by atoms with Gasteiger partial charge in [-0.25, -0.2) is 18.5 Å². The maximum absolute atomic E-state index is 13.7. The highest BCUT2D eigenvalue weighted by molar-refractivity contribution is 7.89. The first-order chi connectivity index (χ1) is 21.6. The summed E-state index contributed by atoms with van der Waals surface area (Å²) in [5.74, 6) is 0.102. The highest BCUT2D eigenvalue weighted by atomic mass is 35.5. The Morgan fingerprint density at radius 3 is 2.42 bits per heavy atom. The average Bonchev–Trinajstić information content (AvgIpc) is 3.02. The summed E-state index contributed by atoms with van der Waals surface area (Å²) in [6.07, 6.45) is 3.10. The number of halogens is 2. The van der Waals surface area contributed by atoms with Crippen molar-refractivity contribution in [1.82, 2.24) is 0 Å². The fourth-order valence-electron chi connectivity index (χ4n) is 6.00. The van der Waals surface area contributed by atoms with Crippen LogP contribution in [0.15, 0.2) is 111 Å². The van der Waals surface area contributed by atoms with Crippen molar-refractivity contribution < 1.29 is 17.9 Å². The van der Waals surface area contributed by atoms with Crippen LogP contribution in [0.5, 0.6) is 5.75 Å². The van der Waals surface area contributed by atoms with Gasteiger partial charge < -0.3 is 4.74 Å². The van der Waals surface area contributed by atoms with Crippen molar-refractivity contribution in [2.45, 2.75) is 30.1 Å². The minimum atomic E-state index is -3.95. The quantitative estimate of drug-likeness (QED) is 0.218. The molecular weight excluding hydrogens is 631 g/mol. The molecule has 2 aliphatic rings. The molecule has 0 spiro atoms. The van der Waals surface area contributed by atoms with Gasteiger partial charge in [-0.3, -0.25) is 9.69 Å². The highest BCUT2D eigenvalue weighted by Crippen LogP contribution is 2.49. The van der Waals surface area contributed by atoms with Crippen LogP contribution >= 0.6 is 23.2 Å². The molecule has 1 aliphatic heterocycles. The number of carbonyl (C=O) groups excluding carboxylic acids is 1. The van der Waals surface area contributed by atoms with Crippen molar-refractivity contribution in [3.63, 3.8) is 0 Å². The first-order valence-corrected chi connectivity index (χ1v) is 16.3. The number of nitrogens with zero attached hydrogens (tertiary/aromatic N) is 3. The molecule has 0 saturated heterocycles. The number of ketones is 1. The molecule has 1 heterocycles. The van der Waals surface area contributed by atoms with Gasteiger partial charge in [0.2, 0.25) is 10.0 Å². The van der Waals surface area contributed by atoms with Crippen LogP contribution in [0.1, 0.15) is 36.3 Å². The van der Waals surface area contributed by atoms with E-state index < -0.39 is 15.9 Å². The zero-order valence-corrected chi connectivity index (χ0v) is 26.3. The summed E-state index contributed by atoms with van der Waals surface area (Å²) in [7, 11) is -2.34. The molecule has 1 atom stereocenters. The molecule has 0 aromatic heterocycles. The molecule has 11 heteroatoms. The summed E-state index contributed by atoms with van der Waals surface area (Å²) in [6.45, 7) is 0. The second-order valence-electron chi connectivity index (χ2n) is 10.6. The van der Waals surface area contributed by atoms with Gasteiger partial charge in [0.25, 0.3) is 0 Å². The monoisotopic (exact) mass is 656 g/mol. The Balaban J connectivity index is 1.62. The van der Waals surface area contributed by atoms with Crippen LogP contribution in [0.25, 0.3) is 10.8 Å². The molecular formula is C34H26Cl2N4O4S. The summed E-state index contributed by atoms with van der Waals surface area (Å²) in [4.78, 5) is 20.3. The number of rotatable bonds is 6. The number of carbonyl (C=O) groups is 1. The fraction of sp³-hybridized carbons (Fsp3) is 0.147. The van der Waals surface area contributed by atoms with Gasteiger partial charge in [0.1, 0.15) is 5.75 Å². The van der Waals surface area contributed by atoms with Crippen LogP contribution in [0.3, 0.4) is 0 Å². The molecule has 4 aromatic carbocycles. The molecule has 6 rings (SSSR count). The smallest absolute Gasteiger partial charge is 0.238 e. The molecule has 45 heavy (non-hydrogen) atoms. The SMILES string of the molecule is COc1ccc(/C=N/C2=C(C#N)C(c3ccc(Cl)cc3Cl)C3=C(CCCC3=O)N2c2ccc(S(N)(=O)=O)cc2)c2ccccc12. The number of ether oxygens (including phenoxy) is 1. The standard InChI is InChI=1S/C34H26Cl2N4O4S/c1-44-31-16-9-20(24-5-2-3-6-25(24)31)19-39-34-27(18-37)32(26-15-10-21(35)17-28(26)36)33-29(7-4-8-30(33)41)40(34)22-11-13-23(14-12-22)45(38,42)43/h2-3,5-6,9-17,19,32H,4,7-8H2,1H3,(H2,38,42,43)/b39-19+. The molecule has 2 N–H and O–H groups in total. The summed E-state index contributed by atoms with van der Waals surface area (Å²) >= 11 is 12.9. The van der Waals surface area contributed by atoms with E-state index in [4.69, 9.17) is 38.1 Å². The van der Waals surface area contributed by atoms with Gasteiger partial charge in [-0.05, 0) is 72.3 Å². The van der Waals surface area contributed by atoms with Gasteiger partial charge in [0.15, 0.2) is 11.6 Å². The number of nitriles is 1. The molecule has 226 valence electrons. The third-order valence-electron chi connectivity index (χ3n) is 8.01. The Morgan fingerprint density at radius 2 is 1.76 bits per heavy atom. The zero-order valence-electron chi connectivity index (χ0n) is 24.0. The number of nitrogens with two attached hydrogens (primary N) is 1. The normalized spacial score (nSPS) is 17.2. The van der Waals surface area contributed by atoms with Gasteiger partial charge in [0, 0.05) is 50.6 Å². The number of fused-ring (bicyclic) bond motifs is 1. The van der Waals surface area contributed by atoms with E-state index in [0.29, 0.717) is 57.6 Å². The number of allylic oxidation sites excluding steroid dienone is 3. The number of methoxy groups -OCH3 is 1. The van der Waals surface area contributed by atoms with Crippen LogP contribution in [-0.2, 0) is 14.8 Å². The second-order valence-corrected chi connectivity index (χ2v) is 13.0. The molecule has 0 radical (unpaired) electrons. The third-order valence-corrected chi connectivity index (χ3v) is 9.50. The lowest BCUT2D eigenvalue weighted by atomic mass is 9.75. The maximum atomic E-state index is 13.7. The van der Waals surface area contributed by atoms with Crippen molar-refractivity contribution in [3.8, 4) is 11.8 Å². The van der Waals surface area contributed by atoms with Crippen LogP contribution in [-0.4, -0.2) is 27.5 Å². The third kappa shape index (κ3) is 5.62. The lowest BCUT2D eigenvalue weighted by Gasteiger charge is -2.39. The summed E-state index contributed by atoms with van der Waals surface area (Å²) < 4.78 is 29.6. The lowest BCUT2D eigenvalue weighted by Crippen LogP contribution is -2.35. The molecule has 1 unspecified atom stereocenters. The summed E-state index contributed by atoms with van der Waals surface area (Å²) in [6, 6.07) is 24.8. The van der Waals surface area contributed by atoms with Crippen molar-refractivity contribution in [2.24, 2.45) is 10.1 Å². The Labute approximate surface area is 270 Å². The topological polar surface area (TPSA) is 126 Å². The fourth-order valence-corrected chi connectivity index (χ4v) is 7.03. The predicted octanol–water partition coefficient (Wildman–Crippen LogP) is 7.27. The van der Waals surface area contributed by atoms with E-state index in [-0.39, 0.29) is 22.1 Å². The van der Waals surface area contributed by atoms with Crippen LogP contribution in [0.2, 0.25) is 10.0 Å². The van der Waals surface area contributed by atoms with E-state index in [1.807, 2.05) is 36.4 Å². The first-order valence-electron chi connectivity index (χ1n) is 14.0. The maximum Gasteiger partial charge on any atom is 0.238 e. The van der Waals surface area contributed by atoms with Gasteiger partial charge in [-0.2, -0.15) is 5.26 Å². The number of hydrogen-bond donors (Lipinski definition) is 1. The zero-order chi connectivity index (χ0) is 31.9. The van der Waals surface area contributed by atoms with E-state index >= 15 is 0 Å². The number of primary sulfonamides is 1. The van der Waals surface area contributed by atoms with Gasteiger partial charge in [-0.1, -0.05) is 53.5 Å². The van der Waals surface area contributed by atoms with Crippen LogP contribution < -0.4 is 14.8 Å². The van der Waals surface area contributed by atoms with E-state index in [1.165, 1.54) is 12.1 Å². The first kappa shape index (κ1) is 30.6. The van der Waals surface area contributed by atoms with E-state index in [2.05, 4.69) is 6.07 Å². The number of Topliss-reactive ketones (excluding diaryl/α,β-unsaturated/α-hetero) is 1. The molecule has 4 aromatic rings. The Hall–Kier alpha value is -4.46. The van der Waals surface area contributed by atoms with Crippen molar-refractivity contribution in [3.05, 3.63) is 123 Å².